The molecule has 1 aromatic heterocycles. The van der Waals surface area contributed by atoms with Gasteiger partial charge in [0.2, 0.25) is 5.52 Å². The smallest absolute Gasteiger partial charge is 0.300 e. The minimum atomic E-state index is -0.472. The fourth-order valence-electron chi connectivity index (χ4n) is 2.80. The van der Waals surface area contributed by atoms with Gasteiger partial charge in [0.15, 0.2) is 5.52 Å². The van der Waals surface area contributed by atoms with Gasteiger partial charge in [-0.2, -0.15) is 11.8 Å². The predicted molar refractivity (Wildman–Crippen MR) is 81.6 cm³/mol. The minimum Gasteiger partial charge on any atom is -0.380 e. The van der Waals surface area contributed by atoms with Crippen LogP contribution in [0.2, 0.25) is 0 Å². The molecule has 0 aliphatic heterocycles. The number of hydrogen-bond donors (Lipinski definition) is 1. The maximum absolute atomic E-state index is 11.0. The van der Waals surface area contributed by atoms with Crippen LogP contribution >= 0.6 is 11.8 Å². The van der Waals surface area contributed by atoms with Gasteiger partial charge < -0.3 is 5.32 Å². The number of benzene rings is 1. The van der Waals surface area contributed by atoms with Gasteiger partial charge in [0, 0.05) is 17.4 Å². The van der Waals surface area contributed by atoms with Crippen molar-refractivity contribution in [2.75, 3.05) is 11.1 Å². The van der Waals surface area contributed by atoms with Crippen LogP contribution in [0.3, 0.4) is 0 Å². The first-order chi connectivity index (χ1) is 10.2. The third kappa shape index (κ3) is 2.80. The van der Waals surface area contributed by atoms with Crippen molar-refractivity contribution in [1.82, 2.24) is 10.3 Å². The Morgan fingerprint density at radius 3 is 3.00 bits per heavy atom. The summed E-state index contributed by atoms with van der Waals surface area (Å²) in [6, 6.07) is 3.50. The first-order valence-electron chi connectivity index (χ1n) is 6.96. The second-order valence-corrected chi connectivity index (χ2v) is 6.66. The molecule has 8 heteroatoms. The van der Waals surface area contributed by atoms with Crippen LogP contribution in [0, 0.1) is 10.1 Å². The fraction of sp³-hybridized carbons (Fsp3) is 0.538. The molecule has 0 saturated heterocycles. The van der Waals surface area contributed by atoms with E-state index in [1.54, 1.807) is 6.07 Å². The Balaban J connectivity index is 1.81. The highest BCUT2D eigenvalue weighted by molar-refractivity contribution is 7.99. The second kappa shape index (κ2) is 5.88. The lowest BCUT2D eigenvalue weighted by molar-refractivity contribution is -0.383. The van der Waals surface area contributed by atoms with Crippen LogP contribution in [0.5, 0.6) is 0 Å². The van der Waals surface area contributed by atoms with E-state index in [4.69, 9.17) is 0 Å². The maximum Gasteiger partial charge on any atom is 0.300 e. The molecule has 112 valence electrons. The van der Waals surface area contributed by atoms with Crippen LogP contribution < -0.4 is 5.32 Å². The molecule has 0 amide bonds. The van der Waals surface area contributed by atoms with E-state index < -0.39 is 4.92 Å². The molecule has 7 nitrogen and oxygen atoms in total. The van der Waals surface area contributed by atoms with E-state index in [2.05, 4.69) is 27.2 Å². The Morgan fingerprint density at radius 2 is 2.24 bits per heavy atom. The van der Waals surface area contributed by atoms with Gasteiger partial charge in [-0.1, -0.05) is 6.92 Å². The summed E-state index contributed by atoms with van der Waals surface area (Å²) in [5.74, 6) is 1.13. The molecular formula is C13H16N4O3S. The van der Waals surface area contributed by atoms with Gasteiger partial charge in [-0.15, -0.1) is 0 Å². The van der Waals surface area contributed by atoms with E-state index >= 15 is 0 Å². The molecule has 21 heavy (non-hydrogen) atoms. The van der Waals surface area contributed by atoms with E-state index in [1.807, 2.05) is 11.8 Å². The molecule has 1 aromatic carbocycles. The Kier molecular flexibility index (Phi) is 3.96. The first-order valence-corrected chi connectivity index (χ1v) is 8.01. The number of nitrogens with one attached hydrogen (secondary N) is 1. The van der Waals surface area contributed by atoms with Gasteiger partial charge >= 0.3 is 5.69 Å². The number of nitrogens with zero attached hydrogens (tertiary/aromatic N) is 3. The number of nitro benzene ring substituents is 1. The van der Waals surface area contributed by atoms with Crippen molar-refractivity contribution in [3.8, 4) is 0 Å². The molecule has 3 rings (SSSR count). The number of aromatic nitrogens is 2. The molecule has 1 N–H and O–H groups in total. The average molecular weight is 308 g/mol. The van der Waals surface area contributed by atoms with E-state index in [-0.39, 0.29) is 11.2 Å². The maximum atomic E-state index is 11.0. The van der Waals surface area contributed by atoms with Crippen LogP contribution in [0.4, 0.5) is 11.4 Å². The number of fused-ring (bicyclic) bond motifs is 1. The molecular weight excluding hydrogens is 292 g/mol. The molecule has 0 radical (unpaired) electrons. The zero-order chi connectivity index (χ0) is 14.8. The number of hydrogen-bond acceptors (Lipinski definition) is 7. The van der Waals surface area contributed by atoms with Crippen LogP contribution in [0.1, 0.15) is 26.2 Å². The lowest BCUT2D eigenvalue weighted by Crippen LogP contribution is -2.16. The van der Waals surface area contributed by atoms with Crippen molar-refractivity contribution >= 4 is 34.2 Å². The zero-order valence-corrected chi connectivity index (χ0v) is 12.4. The lowest BCUT2D eigenvalue weighted by atomic mass is 10.2. The van der Waals surface area contributed by atoms with Gasteiger partial charge in [-0.25, -0.2) is 4.63 Å². The highest BCUT2D eigenvalue weighted by Gasteiger charge is 2.26. The van der Waals surface area contributed by atoms with E-state index in [9.17, 15) is 10.1 Å². The monoisotopic (exact) mass is 308 g/mol. The first kappa shape index (κ1) is 14.1. The van der Waals surface area contributed by atoms with Crippen molar-refractivity contribution in [3.05, 3.63) is 22.2 Å². The third-order valence-electron chi connectivity index (χ3n) is 3.74. The third-order valence-corrected chi connectivity index (χ3v) is 4.97. The summed E-state index contributed by atoms with van der Waals surface area (Å²) in [6.45, 7) is 2.17. The van der Waals surface area contributed by atoms with Crippen LogP contribution in [0.15, 0.2) is 16.8 Å². The van der Waals surface area contributed by atoms with Gasteiger partial charge in [0.25, 0.3) is 0 Å². The van der Waals surface area contributed by atoms with Crippen molar-refractivity contribution in [2.45, 2.75) is 37.5 Å². The molecule has 1 saturated carbocycles. The molecule has 1 aliphatic rings. The summed E-state index contributed by atoms with van der Waals surface area (Å²) >= 11 is 1.99. The summed E-state index contributed by atoms with van der Waals surface area (Å²) in [5.41, 5.74) is 1.30. The Morgan fingerprint density at radius 1 is 1.43 bits per heavy atom. The number of thioether (sulfide) groups is 1. The fourth-order valence-corrected chi connectivity index (χ4v) is 3.94. The highest BCUT2D eigenvalue weighted by Crippen LogP contribution is 2.34. The number of nitro groups is 1. The SMILES string of the molecule is CCSC1CCC(Nc2ccc([N+](=O)[O-])c3nonc23)C1. The zero-order valence-electron chi connectivity index (χ0n) is 11.6. The molecule has 2 unspecified atom stereocenters. The molecule has 0 bridgehead atoms. The number of rotatable bonds is 5. The largest absolute Gasteiger partial charge is 0.380 e. The lowest BCUT2D eigenvalue weighted by Gasteiger charge is -2.14. The van der Waals surface area contributed by atoms with Crippen LogP contribution in [-0.4, -0.2) is 32.3 Å². The molecule has 1 aliphatic carbocycles. The highest BCUT2D eigenvalue weighted by atomic mass is 32.2. The summed E-state index contributed by atoms with van der Waals surface area (Å²) in [6.07, 6.45) is 3.40. The predicted octanol–water partition coefficient (Wildman–Crippen LogP) is 3.22. The topological polar surface area (TPSA) is 94.1 Å². The van der Waals surface area contributed by atoms with E-state index in [0.717, 1.165) is 24.3 Å². The quantitative estimate of drug-likeness (QED) is 0.669. The minimum absolute atomic E-state index is 0.0809. The van der Waals surface area contributed by atoms with Gasteiger partial charge in [-0.05, 0) is 41.4 Å². The summed E-state index contributed by atoms with van der Waals surface area (Å²) in [7, 11) is 0. The number of anilines is 1. The Hall–Kier alpha value is -1.83. The van der Waals surface area contributed by atoms with Gasteiger partial charge in [0.1, 0.15) is 0 Å². The Bertz CT molecular complexity index is 660. The Labute approximate surface area is 125 Å². The second-order valence-electron chi connectivity index (χ2n) is 5.08. The van der Waals surface area contributed by atoms with Crippen molar-refractivity contribution < 1.29 is 9.55 Å². The van der Waals surface area contributed by atoms with Crippen molar-refractivity contribution in [1.29, 1.82) is 0 Å². The molecule has 0 spiro atoms. The standard InChI is InChI=1S/C13H16N4O3S/c1-2-21-9-4-3-8(7-9)14-10-5-6-11(17(18)19)13-12(10)15-20-16-13/h5-6,8-9,14H,2-4,7H2,1H3. The van der Waals surface area contributed by atoms with Crippen molar-refractivity contribution in [2.24, 2.45) is 0 Å². The number of non-ortho nitro benzene ring substituents is 1. The molecule has 1 heterocycles. The summed E-state index contributed by atoms with van der Waals surface area (Å²) in [5, 5.41) is 22.5. The summed E-state index contributed by atoms with van der Waals surface area (Å²) in [4.78, 5) is 10.5. The van der Waals surface area contributed by atoms with E-state index in [1.165, 1.54) is 12.5 Å². The van der Waals surface area contributed by atoms with Gasteiger partial charge in [0.05, 0.1) is 10.6 Å². The normalized spacial score (nSPS) is 21.8. The van der Waals surface area contributed by atoms with E-state index in [0.29, 0.717) is 16.8 Å². The molecule has 2 aromatic rings. The average Bonchev–Trinajstić information content (AvgIpc) is 3.08. The molecule has 2 atom stereocenters. The summed E-state index contributed by atoms with van der Waals surface area (Å²) < 4.78 is 4.67. The van der Waals surface area contributed by atoms with Crippen molar-refractivity contribution in [3.63, 3.8) is 0 Å². The van der Waals surface area contributed by atoms with Gasteiger partial charge in [-0.3, -0.25) is 10.1 Å². The van der Waals surface area contributed by atoms with Crippen LogP contribution in [0.25, 0.3) is 11.0 Å². The van der Waals surface area contributed by atoms with Crippen LogP contribution in [-0.2, 0) is 0 Å². The molecule has 1 fully saturated rings.